The number of carbonyl (C=O) groups excluding carboxylic acids is 1. The molecule has 5 heteroatoms. The van der Waals surface area contributed by atoms with Crippen molar-refractivity contribution in [3.63, 3.8) is 0 Å². The van der Waals surface area contributed by atoms with Crippen LogP contribution in [0.2, 0.25) is 0 Å². The first-order chi connectivity index (χ1) is 8.58. The van der Waals surface area contributed by atoms with Gasteiger partial charge in [0.25, 0.3) is 0 Å². The van der Waals surface area contributed by atoms with Crippen LogP contribution in [0, 0.1) is 0 Å². The van der Waals surface area contributed by atoms with Crippen LogP contribution in [-0.4, -0.2) is 13.1 Å². The molecule has 0 heterocycles. The molecule has 1 atom stereocenters. The second-order valence-corrected chi connectivity index (χ2v) is 3.98. The first-order valence-electron chi connectivity index (χ1n) is 5.81. The molecule has 0 spiro atoms. The molecule has 2 N–H and O–H groups in total. The Kier molecular flexibility index (Phi) is 7.87. The first-order valence-corrected chi connectivity index (χ1v) is 5.81. The maximum atomic E-state index is 10.9. The van der Waals surface area contributed by atoms with E-state index in [4.69, 9.17) is 15.2 Å². The maximum Gasteiger partial charge on any atom is 0.308 e. The highest BCUT2D eigenvalue weighted by molar-refractivity contribution is 5.85. The van der Waals surface area contributed by atoms with Gasteiger partial charge in [-0.3, -0.25) is 4.79 Å². The van der Waals surface area contributed by atoms with Crippen molar-refractivity contribution in [3.05, 3.63) is 36.4 Å². The molecule has 106 valence electrons. The minimum atomic E-state index is -0.378. The molecule has 0 aliphatic carbocycles. The summed E-state index contributed by atoms with van der Waals surface area (Å²) in [7, 11) is 1.53. The van der Waals surface area contributed by atoms with Crippen LogP contribution in [0.1, 0.15) is 31.4 Å². The van der Waals surface area contributed by atoms with Crippen LogP contribution < -0.4 is 15.2 Å². The van der Waals surface area contributed by atoms with Crippen LogP contribution in [0.5, 0.6) is 11.5 Å². The fourth-order valence-electron chi connectivity index (χ4n) is 1.62. The molecule has 0 saturated carbocycles. The quantitative estimate of drug-likeness (QED) is 0.496. The third-order valence-electron chi connectivity index (χ3n) is 2.55. The molecule has 1 aromatic carbocycles. The number of carbonyl (C=O) groups is 1. The number of allylic oxidation sites excluding steroid dienone is 1. The topological polar surface area (TPSA) is 61.5 Å². The molecule has 0 saturated heterocycles. The van der Waals surface area contributed by atoms with E-state index in [1.807, 2.05) is 12.1 Å². The fraction of sp³-hybridized carbons (Fsp3) is 0.357. The van der Waals surface area contributed by atoms with Gasteiger partial charge in [0.05, 0.1) is 7.11 Å². The lowest BCUT2D eigenvalue weighted by molar-refractivity contribution is -0.132. The molecule has 0 unspecified atom stereocenters. The summed E-state index contributed by atoms with van der Waals surface area (Å²) in [5.41, 5.74) is 6.99. The van der Waals surface area contributed by atoms with Crippen molar-refractivity contribution in [2.24, 2.45) is 5.73 Å². The molecule has 0 bridgehead atoms. The Labute approximate surface area is 120 Å². The van der Waals surface area contributed by atoms with Crippen molar-refractivity contribution in [1.29, 1.82) is 0 Å². The number of hydrogen-bond donors (Lipinski definition) is 1. The minimum Gasteiger partial charge on any atom is -0.493 e. The van der Waals surface area contributed by atoms with E-state index in [0.717, 1.165) is 18.4 Å². The van der Waals surface area contributed by atoms with Crippen LogP contribution in [-0.2, 0) is 4.79 Å². The Balaban J connectivity index is 0.00000324. The van der Waals surface area contributed by atoms with Gasteiger partial charge in [-0.25, -0.2) is 0 Å². The minimum absolute atomic E-state index is 0. The summed E-state index contributed by atoms with van der Waals surface area (Å²) < 4.78 is 10.2. The number of rotatable bonds is 6. The van der Waals surface area contributed by atoms with Gasteiger partial charge in [-0.2, -0.15) is 0 Å². The Morgan fingerprint density at radius 2 is 2.16 bits per heavy atom. The number of halogens is 1. The molecule has 19 heavy (non-hydrogen) atoms. The maximum absolute atomic E-state index is 10.9. The standard InChI is InChI=1S/C14H19NO3.ClH/c1-4-5-6-12(15)11-7-8-13(18-10(2)16)14(9-11)17-3;/h4,7-9,12H,1,5-6,15H2,2-3H3;1H/t12-;/m0./s1. The van der Waals surface area contributed by atoms with Gasteiger partial charge >= 0.3 is 5.97 Å². The summed E-state index contributed by atoms with van der Waals surface area (Å²) in [5, 5.41) is 0. The summed E-state index contributed by atoms with van der Waals surface area (Å²) in [4.78, 5) is 10.9. The number of hydrogen-bond acceptors (Lipinski definition) is 4. The van der Waals surface area contributed by atoms with E-state index in [1.54, 1.807) is 12.1 Å². The SMILES string of the molecule is C=CCC[C@H](N)c1ccc(OC(C)=O)c(OC)c1.Cl. The zero-order chi connectivity index (χ0) is 13.5. The van der Waals surface area contributed by atoms with Crippen molar-refractivity contribution >= 4 is 18.4 Å². The Bertz CT molecular complexity index is 435. The van der Waals surface area contributed by atoms with Gasteiger partial charge in [-0.1, -0.05) is 12.1 Å². The second kappa shape index (κ2) is 8.56. The molecule has 1 rings (SSSR count). The summed E-state index contributed by atoms with van der Waals surface area (Å²) in [6, 6.07) is 5.26. The molecule has 0 fully saturated rings. The highest BCUT2D eigenvalue weighted by Gasteiger charge is 2.11. The lowest BCUT2D eigenvalue weighted by Gasteiger charge is -2.14. The summed E-state index contributed by atoms with van der Waals surface area (Å²) in [6.07, 6.45) is 3.51. The van der Waals surface area contributed by atoms with Crippen molar-refractivity contribution in [2.45, 2.75) is 25.8 Å². The third-order valence-corrected chi connectivity index (χ3v) is 2.55. The monoisotopic (exact) mass is 285 g/mol. The smallest absolute Gasteiger partial charge is 0.308 e. The van der Waals surface area contributed by atoms with Crippen LogP contribution in [0.4, 0.5) is 0 Å². The lowest BCUT2D eigenvalue weighted by Crippen LogP contribution is -2.10. The van der Waals surface area contributed by atoms with E-state index in [1.165, 1.54) is 14.0 Å². The third kappa shape index (κ3) is 5.32. The summed E-state index contributed by atoms with van der Waals surface area (Å²) in [5.74, 6) is 0.540. The number of methoxy groups -OCH3 is 1. The predicted octanol–water partition coefficient (Wildman–Crippen LogP) is 3.01. The largest absolute Gasteiger partial charge is 0.493 e. The van der Waals surface area contributed by atoms with Gasteiger partial charge in [0, 0.05) is 13.0 Å². The fourth-order valence-corrected chi connectivity index (χ4v) is 1.62. The van der Waals surface area contributed by atoms with Gasteiger partial charge < -0.3 is 15.2 Å². The van der Waals surface area contributed by atoms with E-state index in [0.29, 0.717) is 11.5 Å². The van der Waals surface area contributed by atoms with Gasteiger partial charge in [-0.15, -0.1) is 19.0 Å². The van der Waals surface area contributed by atoms with E-state index < -0.39 is 0 Å². The average molecular weight is 286 g/mol. The van der Waals surface area contributed by atoms with E-state index in [-0.39, 0.29) is 24.4 Å². The first kappa shape index (κ1) is 17.5. The molecule has 0 aliphatic rings. The van der Waals surface area contributed by atoms with E-state index in [2.05, 4.69) is 6.58 Å². The van der Waals surface area contributed by atoms with Gasteiger partial charge in [-0.05, 0) is 30.5 Å². The van der Waals surface area contributed by atoms with Gasteiger partial charge in [0.1, 0.15) is 0 Å². The Morgan fingerprint density at radius 1 is 1.47 bits per heavy atom. The Hall–Kier alpha value is -1.52. The van der Waals surface area contributed by atoms with Crippen molar-refractivity contribution in [3.8, 4) is 11.5 Å². The summed E-state index contributed by atoms with van der Waals surface area (Å²) >= 11 is 0. The second-order valence-electron chi connectivity index (χ2n) is 3.98. The van der Waals surface area contributed by atoms with Gasteiger partial charge in [0.2, 0.25) is 0 Å². The molecular formula is C14H20ClNO3. The zero-order valence-corrected chi connectivity index (χ0v) is 12.0. The molecule has 0 aromatic heterocycles. The molecular weight excluding hydrogens is 266 g/mol. The highest BCUT2D eigenvalue weighted by atomic mass is 35.5. The summed E-state index contributed by atoms with van der Waals surface area (Å²) in [6.45, 7) is 5.02. The zero-order valence-electron chi connectivity index (χ0n) is 11.2. The predicted molar refractivity (Wildman–Crippen MR) is 77.9 cm³/mol. The van der Waals surface area contributed by atoms with E-state index in [9.17, 15) is 4.79 Å². The molecule has 0 aliphatic heterocycles. The van der Waals surface area contributed by atoms with Crippen molar-refractivity contribution in [1.82, 2.24) is 0 Å². The molecule has 0 radical (unpaired) electrons. The van der Waals surface area contributed by atoms with Crippen molar-refractivity contribution < 1.29 is 14.3 Å². The highest BCUT2D eigenvalue weighted by Crippen LogP contribution is 2.30. The number of esters is 1. The number of benzene rings is 1. The van der Waals surface area contributed by atoms with Crippen LogP contribution in [0.15, 0.2) is 30.9 Å². The molecule has 4 nitrogen and oxygen atoms in total. The average Bonchev–Trinajstić information content (AvgIpc) is 2.35. The molecule has 1 aromatic rings. The normalized spacial score (nSPS) is 11.1. The van der Waals surface area contributed by atoms with Crippen LogP contribution >= 0.6 is 12.4 Å². The Morgan fingerprint density at radius 3 is 2.68 bits per heavy atom. The van der Waals surface area contributed by atoms with Crippen molar-refractivity contribution in [2.75, 3.05) is 7.11 Å². The van der Waals surface area contributed by atoms with Crippen LogP contribution in [0.3, 0.4) is 0 Å². The number of ether oxygens (including phenoxy) is 2. The molecule has 0 amide bonds. The van der Waals surface area contributed by atoms with Crippen LogP contribution in [0.25, 0.3) is 0 Å². The van der Waals surface area contributed by atoms with Gasteiger partial charge in [0.15, 0.2) is 11.5 Å². The number of nitrogens with two attached hydrogens (primary N) is 1. The lowest BCUT2D eigenvalue weighted by atomic mass is 10.0. The van der Waals surface area contributed by atoms with E-state index >= 15 is 0 Å².